The van der Waals surface area contributed by atoms with Gasteiger partial charge in [-0.2, -0.15) is 0 Å². The van der Waals surface area contributed by atoms with Gasteiger partial charge in [0.25, 0.3) is 0 Å². The van der Waals surface area contributed by atoms with Gasteiger partial charge in [-0.25, -0.2) is 9.97 Å². The number of carbonyl (C=O) groups is 2. The molecule has 1 aromatic carbocycles. The maximum Gasteiger partial charge on any atom is 0.234 e. The van der Waals surface area contributed by atoms with Gasteiger partial charge in [-0.15, -0.1) is 11.3 Å². The number of anilines is 1. The Labute approximate surface area is 153 Å². The van der Waals surface area contributed by atoms with Crippen LogP contribution in [0, 0.1) is 13.8 Å². The first-order valence-corrected chi connectivity index (χ1v) is 9.51. The van der Waals surface area contributed by atoms with Gasteiger partial charge < -0.3 is 5.32 Å². The third-order valence-corrected chi connectivity index (χ3v) is 5.96. The zero-order valence-electron chi connectivity index (χ0n) is 14.1. The highest BCUT2D eigenvalue weighted by atomic mass is 32.2. The first-order chi connectivity index (χ1) is 12.0. The topological polar surface area (TPSA) is 72.0 Å². The molecule has 128 valence electrons. The van der Waals surface area contributed by atoms with Gasteiger partial charge in [0.2, 0.25) is 5.91 Å². The van der Waals surface area contributed by atoms with E-state index >= 15 is 0 Å². The number of carbonyl (C=O) groups excluding carboxylic acids is 2. The summed E-state index contributed by atoms with van der Waals surface area (Å²) in [5, 5.41) is 4.64. The third-order valence-electron chi connectivity index (χ3n) is 3.85. The lowest BCUT2D eigenvalue weighted by atomic mass is 10.1. The summed E-state index contributed by atoms with van der Waals surface area (Å²) >= 11 is 3.01. The van der Waals surface area contributed by atoms with Gasteiger partial charge in [0.15, 0.2) is 5.78 Å². The predicted molar refractivity (Wildman–Crippen MR) is 103 cm³/mol. The number of thioether (sulfide) groups is 1. The van der Waals surface area contributed by atoms with Crippen LogP contribution in [0.5, 0.6) is 0 Å². The van der Waals surface area contributed by atoms with Gasteiger partial charge in [0.1, 0.15) is 16.2 Å². The maximum atomic E-state index is 12.3. The van der Waals surface area contributed by atoms with Crippen LogP contribution in [0.3, 0.4) is 0 Å². The van der Waals surface area contributed by atoms with Crippen molar-refractivity contribution in [3.05, 3.63) is 46.6 Å². The second-order valence-corrected chi connectivity index (χ2v) is 7.75. The van der Waals surface area contributed by atoms with E-state index in [1.54, 1.807) is 35.6 Å². The van der Waals surface area contributed by atoms with E-state index in [-0.39, 0.29) is 17.4 Å². The third kappa shape index (κ3) is 3.72. The molecule has 5 nitrogen and oxygen atoms in total. The molecule has 0 aliphatic rings. The molecule has 0 spiro atoms. The number of ketones is 1. The molecule has 0 unspecified atom stereocenters. The minimum absolute atomic E-state index is 0.0783. The Morgan fingerprint density at radius 2 is 1.96 bits per heavy atom. The largest absolute Gasteiger partial charge is 0.325 e. The summed E-state index contributed by atoms with van der Waals surface area (Å²) in [4.78, 5) is 34.7. The molecule has 25 heavy (non-hydrogen) atoms. The molecule has 0 atom stereocenters. The first kappa shape index (κ1) is 17.6. The molecule has 0 aliphatic carbocycles. The molecule has 2 heterocycles. The monoisotopic (exact) mass is 371 g/mol. The fourth-order valence-corrected chi connectivity index (χ4v) is 4.40. The number of benzene rings is 1. The van der Waals surface area contributed by atoms with Crippen molar-refractivity contribution in [3.8, 4) is 0 Å². The van der Waals surface area contributed by atoms with Gasteiger partial charge in [0.05, 0.1) is 11.4 Å². The van der Waals surface area contributed by atoms with Crippen LogP contribution in [0.4, 0.5) is 5.69 Å². The molecule has 0 aliphatic heterocycles. The second-order valence-electron chi connectivity index (χ2n) is 5.58. The summed E-state index contributed by atoms with van der Waals surface area (Å²) in [5.74, 6) is -0.0346. The number of para-hydroxylation sites is 1. The summed E-state index contributed by atoms with van der Waals surface area (Å²) in [7, 11) is 0. The van der Waals surface area contributed by atoms with Crippen LogP contribution in [0.1, 0.15) is 27.7 Å². The highest BCUT2D eigenvalue weighted by molar-refractivity contribution is 8.00. The van der Waals surface area contributed by atoms with E-state index in [1.165, 1.54) is 29.9 Å². The van der Waals surface area contributed by atoms with Crippen molar-refractivity contribution in [1.82, 2.24) is 9.97 Å². The van der Waals surface area contributed by atoms with E-state index in [4.69, 9.17) is 0 Å². The molecule has 3 aromatic rings. The van der Waals surface area contributed by atoms with Gasteiger partial charge in [0, 0.05) is 15.8 Å². The smallest absolute Gasteiger partial charge is 0.234 e. The fourth-order valence-electron chi connectivity index (χ4n) is 2.48. The number of hydrogen-bond donors (Lipinski definition) is 1. The molecule has 2 aromatic heterocycles. The molecule has 3 rings (SSSR count). The summed E-state index contributed by atoms with van der Waals surface area (Å²) in [6, 6.07) is 7.01. The van der Waals surface area contributed by atoms with Crippen LogP contribution in [-0.4, -0.2) is 27.4 Å². The molecule has 0 saturated carbocycles. The van der Waals surface area contributed by atoms with Crippen molar-refractivity contribution in [2.24, 2.45) is 0 Å². The number of thiophene rings is 1. The molecule has 1 amide bonds. The van der Waals surface area contributed by atoms with Crippen molar-refractivity contribution in [2.45, 2.75) is 25.8 Å². The Morgan fingerprint density at radius 3 is 2.72 bits per heavy atom. The van der Waals surface area contributed by atoms with Crippen molar-refractivity contribution in [2.75, 3.05) is 11.1 Å². The molecule has 1 N–H and O–H groups in total. The average molecular weight is 371 g/mol. The summed E-state index contributed by atoms with van der Waals surface area (Å²) in [6.45, 7) is 5.59. The number of nitrogens with one attached hydrogen (secondary N) is 1. The Hall–Kier alpha value is -2.25. The van der Waals surface area contributed by atoms with Crippen LogP contribution < -0.4 is 5.32 Å². The summed E-state index contributed by atoms with van der Waals surface area (Å²) in [5.41, 5.74) is 2.20. The highest BCUT2D eigenvalue weighted by Crippen LogP contribution is 2.34. The van der Waals surface area contributed by atoms with Crippen molar-refractivity contribution in [1.29, 1.82) is 0 Å². The van der Waals surface area contributed by atoms with Crippen molar-refractivity contribution >= 4 is 50.7 Å². The number of hydrogen-bond acceptors (Lipinski definition) is 6. The lowest BCUT2D eigenvalue weighted by Crippen LogP contribution is -2.16. The Kier molecular flexibility index (Phi) is 5.15. The van der Waals surface area contributed by atoms with E-state index in [9.17, 15) is 9.59 Å². The number of aromatic nitrogens is 2. The van der Waals surface area contributed by atoms with Crippen molar-refractivity contribution in [3.63, 3.8) is 0 Å². The second kappa shape index (κ2) is 7.33. The maximum absolute atomic E-state index is 12.3. The lowest BCUT2D eigenvalue weighted by Gasteiger charge is -2.09. The van der Waals surface area contributed by atoms with E-state index < -0.39 is 0 Å². The van der Waals surface area contributed by atoms with Gasteiger partial charge in [-0.1, -0.05) is 23.9 Å². The fraction of sp³-hybridized carbons (Fsp3) is 0.222. The molecular formula is C18H17N3O2S2. The molecular weight excluding hydrogens is 354 g/mol. The SMILES string of the molecule is CC(=O)c1ccccc1NC(=O)CSc1ncnc2sc(C)c(C)c12. The minimum atomic E-state index is -0.171. The molecule has 0 saturated heterocycles. The van der Waals surface area contributed by atoms with Crippen LogP contribution in [0.2, 0.25) is 0 Å². The number of fused-ring (bicyclic) bond motifs is 1. The van der Waals surface area contributed by atoms with Crippen molar-refractivity contribution < 1.29 is 9.59 Å². The summed E-state index contributed by atoms with van der Waals surface area (Å²) < 4.78 is 0. The Balaban J connectivity index is 1.75. The average Bonchev–Trinajstić information content (AvgIpc) is 2.88. The summed E-state index contributed by atoms with van der Waals surface area (Å²) in [6.07, 6.45) is 1.53. The molecule has 7 heteroatoms. The van der Waals surface area contributed by atoms with E-state index in [0.29, 0.717) is 11.3 Å². The van der Waals surface area contributed by atoms with Crippen LogP contribution in [0.15, 0.2) is 35.6 Å². The molecule has 0 radical (unpaired) electrons. The number of Topliss-reactive ketones (excluding diaryl/α,β-unsaturated/α-hetero) is 1. The van der Waals surface area contributed by atoms with E-state index in [0.717, 1.165) is 20.8 Å². The Morgan fingerprint density at radius 1 is 1.20 bits per heavy atom. The lowest BCUT2D eigenvalue weighted by molar-refractivity contribution is -0.113. The predicted octanol–water partition coefficient (Wildman–Crippen LogP) is 4.24. The van der Waals surface area contributed by atoms with Gasteiger partial charge >= 0.3 is 0 Å². The van der Waals surface area contributed by atoms with Crippen LogP contribution in [-0.2, 0) is 4.79 Å². The number of amides is 1. The quantitative estimate of drug-likeness (QED) is 0.412. The van der Waals surface area contributed by atoms with E-state index in [1.807, 2.05) is 6.92 Å². The molecule has 0 bridgehead atoms. The highest BCUT2D eigenvalue weighted by Gasteiger charge is 2.14. The number of aryl methyl sites for hydroxylation is 2. The zero-order valence-corrected chi connectivity index (χ0v) is 15.8. The number of rotatable bonds is 5. The van der Waals surface area contributed by atoms with E-state index in [2.05, 4.69) is 22.2 Å². The zero-order chi connectivity index (χ0) is 18.0. The number of nitrogens with zero attached hydrogens (tertiary/aromatic N) is 2. The van der Waals surface area contributed by atoms with Crippen LogP contribution in [0.25, 0.3) is 10.2 Å². The molecule has 0 fully saturated rings. The van der Waals surface area contributed by atoms with Gasteiger partial charge in [-0.05, 0) is 38.5 Å². The van der Waals surface area contributed by atoms with Gasteiger partial charge in [-0.3, -0.25) is 9.59 Å². The van der Waals surface area contributed by atoms with Crippen LogP contribution >= 0.6 is 23.1 Å². The standard InChI is InChI=1S/C18H17N3O2S2/c1-10-12(3)25-18-16(10)17(19-9-20-18)24-8-15(23)21-14-7-5-4-6-13(14)11(2)22/h4-7,9H,8H2,1-3H3,(H,21,23). The first-order valence-electron chi connectivity index (χ1n) is 7.70. The minimum Gasteiger partial charge on any atom is -0.325 e. The Bertz CT molecular complexity index is 966. The normalized spacial score (nSPS) is 10.8.